The molecule has 0 aromatic carbocycles. The van der Waals surface area contributed by atoms with Gasteiger partial charge >= 0.3 is 41.7 Å². The average molecular weight is 837 g/mol. The molecule has 0 saturated carbocycles. The van der Waals surface area contributed by atoms with Crippen LogP contribution in [-0.4, -0.2) is 68.2 Å². The minimum Gasteiger partial charge on any atom is -0.457 e. The number of hydrogen-bond donors (Lipinski definition) is 2. The van der Waals surface area contributed by atoms with Crippen LogP contribution in [0.25, 0.3) is 0 Å². The smallest absolute Gasteiger partial charge is 0.457 e. The Morgan fingerprint density at radius 3 is 0.939 bits per heavy atom. The molecule has 0 unspecified atom stereocenters. The summed E-state index contributed by atoms with van der Waals surface area (Å²) in [4.78, 5) is 49.1. The Kier molecular flexibility index (Phi) is 41.7. The largest absolute Gasteiger partial charge is 3.00 e. The molecule has 33 heteroatoms. The van der Waals surface area contributed by atoms with Gasteiger partial charge in [0.25, 0.3) is 12.7 Å². The molecule has 8 N–H and O–H groups in total. The molecule has 0 aliphatic heterocycles. The molecule has 0 aliphatic carbocycles. The summed E-state index contributed by atoms with van der Waals surface area (Å²) in [5.74, 6) is 0. The van der Waals surface area contributed by atoms with Crippen LogP contribution < -0.4 is 9.35 Å². The Labute approximate surface area is 301 Å². The summed E-state index contributed by atoms with van der Waals surface area (Å²) in [5, 5.41) is 94.8. The fourth-order valence-electron chi connectivity index (χ4n) is 1.73. The zero-order valence-corrected chi connectivity index (χ0v) is 26.8. The summed E-state index contributed by atoms with van der Waals surface area (Å²) in [6.07, 6.45) is 16.8. The van der Waals surface area contributed by atoms with Crippen molar-refractivity contribution in [3.05, 3.63) is 162 Å². The Morgan fingerprint density at radius 1 is 0.531 bits per heavy atom. The third-order valence-corrected chi connectivity index (χ3v) is 2.97. The van der Waals surface area contributed by atoms with Gasteiger partial charge in [-0.15, -0.1) is 29.8 Å². The Balaban J connectivity index is -0.000000119. The van der Waals surface area contributed by atoms with Gasteiger partial charge in [0.15, 0.2) is 0 Å². The van der Waals surface area contributed by atoms with E-state index in [4.69, 9.17) is 76.6 Å². The van der Waals surface area contributed by atoms with Crippen LogP contribution in [-0.2, 0) is 11.0 Å². The van der Waals surface area contributed by atoms with Crippen molar-refractivity contribution in [1.82, 2.24) is 30.4 Å². The molecular weight excluding hydrogens is 814 g/mol. The number of aromatic amines is 2. The molecule has 0 fully saturated rings. The van der Waals surface area contributed by atoms with Gasteiger partial charge in [-0.1, -0.05) is 0 Å². The first-order valence-electron chi connectivity index (χ1n) is 10.3. The van der Waals surface area contributed by atoms with Gasteiger partial charge in [0.1, 0.15) is 0 Å². The number of nitrogens with zero attached hydrogens (tertiary/aromatic N) is 13. The maximum Gasteiger partial charge on any atom is 3.00 e. The van der Waals surface area contributed by atoms with Crippen molar-refractivity contribution in [3.8, 4) is 0 Å². The zero-order chi connectivity index (χ0) is 35.8. The molecule has 0 bridgehead atoms. The van der Waals surface area contributed by atoms with E-state index in [1.54, 1.807) is 71.9 Å². The standard InChI is InChI=1S/2C8H7N5.Ce.5NO3.2H2O/c2*1-3-9-4-2-8(1)5-12-13-6-10-11-7-13;;5*2-1(3)4;;/h2*1-7H;;;;;;;2*1H2/q;;+3;5*-1;;/p+4/b2*12-5+;;;;;;;;. The number of pyridine rings is 2. The van der Waals surface area contributed by atoms with Crippen LogP contribution in [0.2, 0.25) is 0 Å². The quantitative estimate of drug-likeness (QED) is 0.0676. The normalized spacial score (nSPS) is 8.16. The zero-order valence-electron chi connectivity index (χ0n) is 23.7. The van der Waals surface area contributed by atoms with Crippen LogP contribution in [0.3, 0.4) is 0 Å². The number of aromatic nitrogens is 8. The summed E-state index contributed by atoms with van der Waals surface area (Å²) in [6.45, 7) is 0. The predicted molar refractivity (Wildman–Crippen MR) is 154 cm³/mol. The molecule has 4 rings (SSSR count). The van der Waals surface area contributed by atoms with E-state index in [0.29, 0.717) is 0 Å². The van der Waals surface area contributed by atoms with Crippen LogP contribution in [0.15, 0.2) is 84.6 Å². The molecule has 0 saturated heterocycles. The van der Waals surface area contributed by atoms with E-state index in [-0.39, 0.29) is 52.7 Å². The van der Waals surface area contributed by atoms with Crippen LogP contribution >= 0.6 is 0 Å². The van der Waals surface area contributed by atoms with Crippen molar-refractivity contribution in [3.63, 3.8) is 0 Å². The second-order valence-electron chi connectivity index (χ2n) is 5.93. The van der Waals surface area contributed by atoms with Gasteiger partial charge in [-0.25, -0.2) is 0 Å². The van der Waals surface area contributed by atoms with E-state index in [1.165, 1.54) is 0 Å². The van der Waals surface area contributed by atoms with Crippen molar-refractivity contribution >= 4 is 12.4 Å². The van der Waals surface area contributed by atoms with Crippen molar-refractivity contribution in [1.29, 1.82) is 0 Å². The molecule has 32 nitrogen and oxygen atoms in total. The monoisotopic (exact) mass is 836 g/mol. The van der Waals surface area contributed by atoms with Crippen LogP contribution in [0, 0.1) is 118 Å². The van der Waals surface area contributed by atoms with Gasteiger partial charge in [-0.2, -0.15) is 0 Å². The van der Waals surface area contributed by atoms with Crippen LogP contribution in [0.4, 0.5) is 0 Å². The molecular formula is C16H22CeN15O17+2. The topological polar surface area (TPSA) is 513 Å². The Morgan fingerprint density at radius 2 is 0.755 bits per heavy atom. The van der Waals surface area contributed by atoms with E-state index in [1.807, 2.05) is 24.3 Å². The number of rotatable bonds is 4. The third-order valence-electron chi connectivity index (χ3n) is 2.97. The first-order chi connectivity index (χ1) is 21.6. The van der Waals surface area contributed by atoms with Crippen LogP contribution in [0.5, 0.6) is 0 Å². The van der Waals surface area contributed by atoms with E-state index < -0.39 is 25.4 Å². The Bertz CT molecular complexity index is 1260. The molecule has 0 amide bonds. The van der Waals surface area contributed by atoms with Crippen molar-refractivity contribution in [2.45, 2.75) is 0 Å². The molecule has 265 valence electrons. The maximum absolute atomic E-state index is 8.25. The fraction of sp³-hybridized carbons (Fsp3) is 0. The van der Waals surface area contributed by atoms with Crippen molar-refractivity contribution in [2.75, 3.05) is 0 Å². The van der Waals surface area contributed by atoms with Crippen molar-refractivity contribution < 1.29 is 87.5 Å². The molecule has 1 radical (unpaired) electrons. The maximum atomic E-state index is 8.25. The first kappa shape index (κ1) is 54.7. The summed E-state index contributed by atoms with van der Waals surface area (Å²) in [7, 11) is 0. The minimum atomic E-state index is -1.75. The first-order valence-corrected chi connectivity index (χ1v) is 10.3. The van der Waals surface area contributed by atoms with Crippen LogP contribution in [0.1, 0.15) is 11.1 Å². The molecule has 0 aliphatic rings. The van der Waals surface area contributed by atoms with Gasteiger partial charge in [-0.3, -0.25) is 9.97 Å². The molecule has 4 heterocycles. The second-order valence-corrected chi connectivity index (χ2v) is 5.93. The number of H-pyrrole nitrogens is 2. The molecule has 0 atom stereocenters. The summed E-state index contributed by atoms with van der Waals surface area (Å²) >= 11 is 0. The Hall–Kier alpha value is -6.78. The van der Waals surface area contributed by atoms with Gasteiger partial charge in [0, 0.05) is 35.0 Å². The minimum absolute atomic E-state index is 0. The van der Waals surface area contributed by atoms with Gasteiger partial charge in [0.2, 0.25) is 12.7 Å². The van der Waals surface area contributed by atoms with E-state index in [9.17, 15) is 0 Å². The second kappa shape index (κ2) is 37.4. The summed E-state index contributed by atoms with van der Waals surface area (Å²) in [6, 6.07) is 7.52. The van der Waals surface area contributed by atoms with Gasteiger partial charge in [0.05, 0.1) is 37.9 Å². The fourth-order valence-corrected chi connectivity index (χ4v) is 1.73. The molecule has 0 spiro atoms. The van der Waals surface area contributed by atoms with Crippen molar-refractivity contribution in [2.24, 2.45) is 10.2 Å². The third kappa shape index (κ3) is 57.5. The predicted octanol–water partition coefficient (Wildman–Crippen LogP) is -3.09. The summed E-state index contributed by atoms with van der Waals surface area (Å²) in [5.41, 5.74) is 2.01. The SMILES string of the molecule is C(=N\[n+]1cn[nH]c1)/c1ccncc1.C(=N\[n+]1cn[nH]c1)/c1ccncc1.O=[N+]([O-])[O-].O=[N+]([O-])[O-].O=[N+]([O-])[O-].O=[N+]([O-])[O-].O=[N+]([O-])[O-].[Ce+3].[OH3+].[OH3+]. The molecule has 4 aromatic rings. The van der Waals surface area contributed by atoms with E-state index in [0.717, 1.165) is 11.1 Å². The number of hydrogen-bond acceptors (Lipinski definition) is 21. The van der Waals surface area contributed by atoms with Gasteiger partial charge in [-0.05, 0) is 35.4 Å². The molecule has 49 heavy (non-hydrogen) atoms. The summed E-state index contributed by atoms with van der Waals surface area (Å²) < 4.78 is 3.17. The van der Waals surface area contributed by atoms with E-state index in [2.05, 4.69) is 40.6 Å². The number of nitrogens with one attached hydrogen (secondary N) is 2. The van der Waals surface area contributed by atoms with E-state index >= 15 is 0 Å². The molecule has 4 aromatic heterocycles. The average Bonchev–Trinajstić information content (AvgIpc) is 3.66. The van der Waals surface area contributed by atoms with Gasteiger partial charge < -0.3 is 87.6 Å².